The van der Waals surface area contributed by atoms with E-state index in [1.807, 2.05) is 12.1 Å². The molecule has 0 spiro atoms. The van der Waals surface area contributed by atoms with Crippen LogP contribution >= 0.6 is 80.9 Å². The summed E-state index contributed by atoms with van der Waals surface area (Å²) in [6.45, 7) is 0.661. The lowest BCUT2D eigenvalue weighted by atomic mass is 10.3. The Morgan fingerprint density at radius 1 is 0.931 bits per heavy atom. The highest BCUT2D eigenvalue weighted by molar-refractivity contribution is 7.13. The molecule has 1 aromatic carbocycles. The van der Waals surface area contributed by atoms with Crippen molar-refractivity contribution in [2.24, 2.45) is 5.16 Å². The van der Waals surface area contributed by atoms with E-state index >= 15 is 0 Å². The van der Waals surface area contributed by atoms with Gasteiger partial charge in [-0.25, -0.2) is 0 Å². The van der Waals surface area contributed by atoms with Crippen molar-refractivity contribution >= 4 is 87.2 Å². The third-order valence-electron chi connectivity index (χ3n) is 3.07. The monoisotopic (exact) mass is 533 g/mol. The van der Waals surface area contributed by atoms with E-state index in [0.29, 0.717) is 21.5 Å². The Morgan fingerprint density at radius 2 is 1.59 bits per heavy atom. The number of halogens is 6. The third-order valence-corrected chi connectivity index (χ3v) is 5.24. The number of rotatable bonds is 10. The molecule has 0 atom stereocenters. The van der Waals surface area contributed by atoms with Crippen molar-refractivity contribution in [2.75, 3.05) is 13.2 Å². The summed E-state index contributed by atoms with van der Waals surface area (Å²) in [5.74, 6) is 0.835. The summed E-state index contributed by atoms with van der Waals surface area (Å²) >= 11 is 36.0. The van der Waals surface area contributed by atoms with Gasteiger partial charge in [-0.05, 0) is 24.3 Å². The molecule has 1 heterocycles. The first-order valence-corrected chi connectivity index (χ1v) is 10.9. The van der Waals surface area contributed by atoms with E-state index in [2.05, 4.69) is 5.16 Å². The molecule has 0 saturated carbocycles. The summed E-state index contributed by atoms with van der Waals surface area (Å²) in [7, 11) is 0. The smallest absolute Gasteiger partial charge is 0.157 e. The maximum absolute atomic E-state index is 6.25. The van der Waals surface area contributed by atoms with Crippen molar-refractivity contribution < 1.29 is 14.3 Å². The SMILES string of the molecule is ClC(Cl)=CCO/N=C/c1ccc(COc2c(Cl)cc(OCC=C(Cl)Cl)cc2Cl)s1. The Morgan fingerprint density at radius 3 is 2.24 bits per heavy atom. The van der Waals surface area contributed by atoms with Crippen LogP contribution in [0.2, 0.25) is 10.0 Å². The molecule has 0 fully saturated rings. The number of benzene rings is 1. The van der Waals surface area contributed by atoms with Gasteiger partial charge in [-0.1, -0.05) is 74.8 Å². The molecular formula is C18H13Cl6NO3S. The first-order valence-electron chi connectivity index (χ1n) is 7.86. The predicted octanol–water partition coefficient (Wildman–Crippen LogP) is 8.00. The van der Waals surface area contributed by atoms with Gasteiger partial charge in [0.15, 0.2) is 5.75 Å². The predicted molar refractivity (Wildman–Crippen MR) is 124 cm³/mol. The summed E-state index contributed by atoms with van der Waals surface area (Å²) in [6, 6.07) is 6.99. The number of ether oxygens (including phenoxy) is 2. The average molecular weight is 536 g/mol. The number of nitrogens with zero attached hydrogens (tertiary/aromatic N) is 1. The zero-order valence-electron chi connectivity index (χ0n) is 14.5. The Hall–Kier alpha value is -0.790. The van der Waals surface area contributed by atoms with E-state index < -0.39 is 0 Å². The average Bonchev–Trinajstić information content (AvgIpc) is 3.08. The fraction of sp³-hybridized carbons (Fsp3) is 0.167. The maximum Gasteiger partial charge on any atom is 0.157 e. The standard InChI is InChI=1S/C18H13Cl6NO3S/c19-14-7-11(26-5-3-16(21)22)8-15(20)18(14)27-10-13-2-1-12(29-13)9-25-28-6-4-17(23)24/h1-4,7-9H,5-6,10H2/b25-9+. The number of oxime groups is 1. The summed E-state index contributed by atoms with van der Waals surface area (Å²) < 4.78 is 11.5. The van der Waals surface area contributed by atoms with Crippen LogP contribution in [0.4, 0.5) is 0 Å². The van der Waals surface area contributed by atoms with E-state index in [0.717, 1.165) is 9.75 Å². The largest absolute Gasteiger partial charge is 0.489 e. The molecule has 2 aromatic rings. The minimum atomic E-state index is 0.116. The fourth-order valence-electron chi connectivity index (χ4n) is 1.88. The zero-order valence-corrected chi connectivity index (χ0v) is 19.9. The topological polar surface area (TPSA) is 40.0 Å². The highest BCUT2D eigenvalue weighted by Crippen LogP contribution is 2.37. The molecule has 11 heteroatoms. The molecule has 0 unspecified atom stereocenters. The molecule has 0 saturated heterocycles. The van der Waals surface area contributed by atoms with Crippen LogP contribution in [0, 0.1) is 0 Å². The minimum Gasteiger partial charge on any atom is -0.489 e. The van der Waals surface area contributed by atoms with Crippen LogP contribution in [0.3, 0.4) is 0 Å². The maximum atomic E-state index is 6.25. The van der Waals surface area contributed by atoms with Crippen LogP contribution in [0.25, 0.3) is 0 Å². The van der Waals surface area contributed by atoms with Crippen molar-refractivity contribution in [3.05, 3.63) is 65.2 Å². The first kappa shape index (κ1) is 24.5. The minimum absolute atomic E-state index is 0.116. The molecule has 0 N–H and O–H groups in total. The van der Waals surface area contributed by atoms with E-state index in [9.17, 15) is 0 Å². The van der Waals surface area contributed by atoms with Gasteiger partial charge in [0, 0.05) is 21.9 Å². The molecule has 29 heavy (non-hydrogen) atoms. The Bertz CT molecular complexity index is 882. The van der Waals surface area contributed by atoms with E-state index in [-0.39, 0.29) is 28.8 Å². The van der Waals surface area contributed by atoms with Gasteiger partial charge >= 0.3 is 0 Å². The van der Waals surface area contributed by atoms with Gasteiger partial charge in [0.2, 0.25) is 0 Å². The van der Waals surface area contributed by atoms with E-state index in [1.54, 1.807) is 18.3 Å². The van der Waals surface area contributed by atoms with Gasteiger partial charge in [-0.3, -0.25) is 0 Å². The van der Waals surface area contributed by atoms with E-state index in [4.69, 9.17) is 83.9 Å². The van der Waals surface area contributed by atoms with Gasteiger partial charge < -0.3 is 14.3 Å². The molecule has 0 amide bonds. The highest BCUT2D eigenvalue weighted by Gasteiger charge is 2.11. The summed E-state index contributed by atoms with van der Waals surface area (Å²) in [6.07, 6.45) is 4.57. The number of hydrogen-bond donors (Lipinski definition) is 0. The van der Waals surface area contributed by atoms with Crippen molar-refractivity contribution in [1.82, 2.24) is 0 Å². The van der Waals surface area contributed by atoms with Gasteiger partial charge in [0.05, 0.1) is 16.3 Å². The van der Waals surface area contributed by atoms with Crippen molar-refractivity contribution in [1.29, 1.82) is 0 Å². The molecule has 156 valence electrons. The van der Waals surface area contributed by atoms with Crippen molar-refractivity contribution in [3.8, 4) is 11.5 Å². The molecule has 2 rings (SSSR count). The molecule has 0 bridgehead atoms. The van der Waals surface area contributed by atoms with Crippen LogP contribution in [-0.4, -0.2) is 19.4 Å². The van der Waals surface area contributed by atoms with Crippen LogP contribution in [0.1, 0.15) is 9.75 Å². The van der Waals surface area contributed by atoms with E-state index in [1.165, 1.54) is 23.5 Å². The quantitative estimate of drug-likeness (QED) is 0.176. The lowest BCUT2D eigenvalue weighted by molar-refractivity contribution is 0.176. The van der Waals surface area contributed by atoms with Crippen molar-refractivity contribution in [2.45, 2.75) is 6.61 Å². The second-order valence-corrected chi connectivity index (χ2v) is 9.17. The molecule has 0 aliphatic rings. The summed E-state index contributed by atoms with van der Waals surface area (Å²) in [5, 5.41) is 4.47. The van der Waals surface area contributed by atoms with Crippen LogP contribution in [-0.2, 0) is 11.4 Å². The lowest BCUT2D eigenvalue weighted by Gasteiger charge is -2.11. The fourth-order valence-corrected chi connectivity index (χ4v) is 3.49. The van der Waals surface area contributed by atoms with Crippen LogP contribution in [0.15, 0.2) is 50.6 Å². The number of thiophene rings is 1. The van der Waals surface area contributed by atoms with Crippen LogP contribution < -0.4 is 9.47 Å². The normalized spacial score (nSPS) is 10.7. The Labute approximate surface area is 202 Å². The lowest BCUT2D eigenvalue weighted by Crippen LogP contribution is -1.97. The second-order valence-electron chi connectivity index (χ2n) is 5.14. The highest BCUT2D eigenvalue weighted by atomic mass is 35.5. The molecule has 0 aliphatic carbocycles. The summed E-state index contributed by atoms with van der Waals surface area (Å²) in [5.41, 5.74) is 0. The van der Waals surface area contributed by atoms with Crippen molar-refractivity contribution in [3.63, 3.8) is 0 Å². The van der Waals surface area contributed by atoms with Gasteiger partial charge in [0.1, 0.15) is 34.6 Å². The molecule has 4 nitrogen and oxygen atoms in total. The second kappa shape index (κ2) is 12.8. The van der Waals surface area contributed by atoms with Gasteiger partial charge in [0.25, 0.3) is 0 Å². The summed E-state index contributed by atoms with van der Waals surface area (Å²) in [4.78, 5) is 6.84. The third kappa shape index (κ3) is 9.26. The molecular weight excluding hydrogens is 523 g/mol. The number of hydrogen-bond acceptors (Lipinski definition) is 5. The first-order chi connectivity index (χ1) is 13.8. The van der Waals surface area contributed by atoms with Gasteiger partial charge in [-0.2, -0.15) is 0 Å². The zero-order chi connectivity index (χ0) is 21.2. The molecule has 1 aromatic heterocycles. The van der Waals surface area contributed by atoms with Crippen LogP contribution in [0.5, 0.6) is 11.5 Å². The molecule has 0 radical (unpaired) electrons. The Balaban J connectivity index is 1.91. The molecule has 0 aliphatic heterocycles. The Kier molecular flexibility index (Phi) is 10.8. The van der Waals surface area contributed by atoms with Gasteiger partial charge in [-0.15, -0.1) is 11.3 Å².